The molecule has 2 saturated heterocycles. The van der Waals surface area contributed by atoms with Crippen LogP contribution in [-0.4, -0.2) is 134 Å². The molecule has 5 rings (SSSR count). The van der Waals surface area contributed by atoms with Gasteiger partial charge in [-0.1, -0.05) is 0 Å². The maximum absolute atomic E-state index is 13.9. The van der Waals surface area contributed by atoms with E-state index in [1.807, 2.05) is 0 Å². The highest BCUT2D eigenvalue weighted by molar-refractivity contribution is 5.88. The van der Waals surface area contributed by atoms with Crippen LogP contribution in [-0.2, 0) is 14.2 Å². The molecule has 47 heavy (non-hydrogen) atoms. The van der Waals surface area contributed by atoms with Crippen molar-refractivity contribution in [1.82, 2.24) is 0 Å². The van der Waals surface area contributed by atoms with Crippen LogP contribution in [0.4, 0.5) is 0 Å². The number of ether oxygens (including phenoxy) is 6. The first kappa shape index (κ1) is 34.6. The number of hydrogen-bond acceptors (Lipinski definition) is 17. The summed E-state index contributed by atoms with van der Waals surface area (Å²) < 4.78 is 38.7. The van der Waals surface area contributed by atoms with E-state index in [1.54, 1.807) is 0 Å². The Morgan fingerprint density at radius 3 is 2.21 bits per heavy atom. The molecule has 3 aromatic rings. The van der Waals surface area contributed by atoms with E-state index >= 15 is 0 Å². The van der Waals surface area contributed by atoms with Crippen LogP contribution in [0.15, 0.2) is 39.5 Å². The summed E-state index contributed by atoms with van der Waals surface area (Å²) in [6, 6.07) is 6.36. The largest absolute Gasteiger partial charge is 0.507 e. The second kappa shape index (κ2) is 14.2. The Hall–Kier alpha value is -3.75. The fourth-order valence-electron chi connectivity index (χ4n) is 5.24. The number of phenolic OH excluding ortho intramolecular Hbond substituents is 2. The summed E-state index contributed by atoms with van der Waals surface area (Å²) in [5.74, 6) is -1.73. The van der Waals surface area contributed by atoms with Gasteiger partial charge in [0.2, 0.25) is 17.5 Å². The fraction of sp³-hybridized carbons (Fsp3) is 0.500. The number of phenols is 2. The number of aliphatic hydroxyl groups is 7. The van der Waals surface area contributed by atoms with E-state index in [2.05, 4.69) is 0 Å². The van der Waals surface area contributed by atoms with Crippen molar-refractivity contribution in [2.75, 3.05) is 26.9 Å². The monoisotopic (exact) mass is 668 g/mol. The standard InChI is InChI=1S/C30H36O17/c1-11-20(34)23(37)25(39)29(44-11)43-10-18-21(35)24(38)26(40)30(46-18)47-28-22(36)19-15(33)8-13(42-6-5-31)9-17(19)45-27(28)12-3-4-16(41-2)14(32)7-12/h3-4,7-9,11,18,20-21,23-26,29-35,37-40H,5-6,10H2,1-2H3/t11-,18+,20-,21+,23+,24-,25+,26+,29+,30-/m0/s1. The van der Waals surface area contributed by atoms with Gasteiger partial charge in [0.05, 0.1) is 26.4 Å². The van der Waals surface area contributed by atoms with Crippen molar-refractivity contribution in [2.45, 2.75) is 68.3 Å². The number of benzene rings is 2. The summed E-state index contributed by atoms with van der Waals surface area (Å²) in [5, 5.41) is 92.2. The van der Waals surface area contributed by atoms with Gasteiger partial charge in [0.25, 0.3) is 0 Å². The van der Waals surface area contributed by atoms with Crippen molar-refractivity contribution >= 4 is 11.0 Å². The molecule has 9 N–H and O–H groups in total. The van der Waals surface area contributed by atoms with E-state index in [4.69, 9.17) is 37.9 Å². The molecule has 17 nitrogen and oxygen atoms in total. The minimum atomic E-state index is -1.95. The smallest absolute Gasteiger partial charge is 0.239 e. The number of aliphatic hydroxyl groups excluding tert-OH is 7. The van der Waals surface area contributed by atoms with Crippen molar-refractivity contribution in [3.05, 3.63) is 40.6 Å². The average molecular weight is 669 g/mol. The van der Waals surface area contributed by atoms with Crippen LogP contribution in [0.25, 0.3) is 22.3 Å². The third kappa shape index (κ3) is 6.81. The van der Waals surface area contributed by atoms with E-state index in [0.717, 1.165) is 6.07 Å². The summed E-state index contributed by atoms with van der Waals surface area (Å²) >= 11 is 0. The second-order valence-corrected chi connectivity index (χ2v) is 11.0. The first-order valence-electron chi connectivity index (χ1n) is 14.5. The van der Waals surface area contributed by atoms with Crippen molar-refractivity contribution < 1.29 is 78.8 Å². The summed E-state index contributed by atoms with van der Waals surface area (Å²) in [5.41, 5.74) is -1.07. The highest BCUT2D eigenvalue weighted by Crippen LogP contribution is 2.40. The number of fused-ring (bicyclic) bond motifs is 1. The van der Waals surface area contributed by atoms with Gasteiger partial charge < -0.3 is 78.8 Å². The minimum absolute atomic E-state index is 0.0545. The van der Waals surface area contributed by atoms with Crippen molar-refractivity contribution in [2.24, 2.45) is 0 Å². The molecule has 2 aromatic carbocycles. The number of hydrogen-bond donors (Lipinski definition) is 9. The van der Waals surface area contributed by atoms with Gasteiger partial charge in [0.1, 0.15) is 71.8 Å². The van der Waals surface area contributed by atoms with Crippen LogP contribution >= 0.6 is 0 Å². The summed E-state index contributed by atoms with van der Waals surface area (Å²) in [6.07, 6.45) is -16.1. The van der Waals surface area contributed by atoms with E-state index in [9.17, 15) is 45.6 Å². The average Bonchev–Trinajstić information content (AvgIpc) is 3.05. The molecule has 1 aromatic heterocycles. The van der Waals surface area contributed by atoms with Crippen LogP contribution in [0.1, 0.15) is 6.92 Å². The maximum Gasteiger partial charge on any atom is 0.239 e. The fourth-order valence-corrected chi connectivity index (χ4v) is 5.24. The van der Waals surface area contributed by atoms with Gasteiger partial charge in [-0.25, -0.2) is 0 Å². The Morgan fingerprint density at radius 1 is 0.830 bits per heavy atom. The Balaban J connectivity index is 1.50. The van der Waals surface area contributed by atoms with Crippen LogP contribution < -0.4 is 19.6 Å². The van der Waals surface area contributed by atoms with E-state index < -0.39 is 84.9 Å². The van der Waals surface area contributed by atoms with E-state index in [-0.39, 0.29) is 52.8 Å². The second-order valence-electron chi connectivity index (χ2n) is 11.0. The number of aromatic hydroxyl groups is 2. The van der Waals surface area contributed by atoms with Crippen molar-refractivity contribution in [1.29, 1.82) is 0 Å². The van der Waals surface area contributed by atoms with Gasteiger partial charge in [-0.2, -0.15) is 0 Å². The van der Waals surface area contributed by atoms with Gasteiger partial charge in [-0.15, -0.1) is 0 Å². The zero-order chi connectivity index (χ0) is 34.2. The first-order valence-corrected chi connectivity index (χ1v) is 14.5. The topological polar surface area (TPSA) is 268 Å². The molecule has 0 unspecified atom stereocenters. The molecule has 0 spiro atoms. The van der Waals surface area contributed by atoms with Crippen LogP contribution in [0, 0.1) is 0 Å². The van der Waals surface area contributed by atoms with Crippen LogP contribution in [0.2, 0.25) is 0 Å². The minimum Gasteiger partial charge on any atom is -0.507 e. The molecule has 0 aliphatic carbocycles. The zero-order valence-corrected chi connectivity index (χ0v) is 25.1. The lowest BCUT2D eigenvalue weighted by molar-refractivity contribution is -0.318. The quantitative estimate of drug-likeness (QED) is 0.116. The van der Waals surface area contributed by atoms with Gasteiger partial charge in [0, 0.05) is 17.7 Å². The molecule has 0 bridgehead atoms. The Morgan fingerprint density at radius 2 is 1.53 bits per heavy atom. The molecule has 258 valence electrons. The molecular weight excluding hydrogens is 632 g/mol. The third-order valence-electron chi connectivity index (χ3n) is 7.84. The molecule has 3 heterocycles. The van der Waals surface area contributed by atoms with Crippen LogP contribution in [0.3, 0.4) is 0 Å². The van der Waals surface area contributed by atoms with Crippen molar-refractivity contribution in [3.63, 3.8) is 0 Å². The van der Waals surface area contributed by atoms with Gasteiger partial charge in [-0.3, -0.25) is 4.79 Å². The number of rotatable bonds is 10. The highest BCUT2D eigenvalue weighted by Gasteiger charge is 2.48. The zero-order valence-electron chi connectivity index (χ0n) is 25.1. The van der Waals surface area contributed by atoms with Crippen molar-refractivity contribution in [3.8, 4) is 40.1 Å². The van der Waals surface area contributed by atoms with E-state index in [0.29, 0.717) is 0 Å². The lowest BCUT2D eigenvalue weighted by atomic mass is 9.98. The predicted molar refractivity (Wildman–Crippen MR) is 156 cm³/mol. The SMILES string of the molecule is COc1ccc(-c2oc3cc(OCCO)cc(O)c3c(=O)c2O[C@@H]2O[C@H](CO[C@@H]3O[C@@H](C)[C@H](O)[C@@H](O)[C@H]3O)[C@@H](O)[C@H](O)[C@H]2O)cc1O. The van der Waals surface area contributed by atoms with Gasteiger partial charge in [0.15, 0.2) is 23.5 Å². The van der Waals surface area contributed by atoms with Gasteiger partial charge >= 0.3 is 0 Å². The molecule has 2 aliphatic heterocycles. The molecule has 0 saturated carbocycles. The summed E-state index contributed by atoms with van der Waals surface area (Å²) in [6.45, 7) is 0.382. The highest BCUT2D eigenvalue weighted by atomic mass is 16.7. The van der Waals surface area contributed by atoms with Crippen LogP contribution in [0.5, 0.6) is 28.7 Å². The molecule has 17 heteroatoms. The molecule has 10 atom stereocenters. The Labute approximate surface area is 265 Å². The maximum atomic E-state index is 13.9. The van der Waals surface area contributed by atoms with Gasteiger partial charge in [-0.05, 0) is 25.1 Å². The summed E-state index contributed by atoms with van der Waals surface area (Å²) in [7, 11) is 1.32. The molecule has 0 amide bonds. The lowest BCUT2D eigenvalue weighted by Crippen LogP contribution is -2.61. The third-order valence-corrected chi connectivity index (χ3v) is 7.84. The lowest BCUT2D eigenvalue weighted by Gasteiger charge is -2.42. The molecule has 2 fully saturated rings. The first-order chi connectivity index (χ1) is 22.4. The summed E-state index contributed by atoms with van der Waals surface area (Å²) in [4.78, 5) is 13.9. The Kier molecular flexibility index (Phi) is 10.4. The molecule has 2 aliphatic rings. The number of methoxy groups -OCH3 is 1. The molecule has 0 radical (unpaired) electrons. The normalized spacial score (nSPS) is 31.1. The van der Waals surface area contributed by atoms with E-state index in [1.165, 1.54) is 38.3 Å². The predicted octanol–water partition coefficient (Wildman–Crippen LogP) is -1.72. The Bertz CT molecular complexity index is 1610. The molecular formula is C30H36O17.